The van der Waals surface area contributed by atoms with Gasteiger partial charge in [-0.05, 0) is 35.7 Å². The van der Waals surface area contributed by atoms with Gasteiger partial charge in [0, 0.05) is 78.2 Å². The lowest BCUT2D eigenvalue weighted by atomic mass is 9.96. The van der Waals surface area contributed by atoms with Gasteiger partial charge >= 0.3 is 0 Å². The van der Waals surface area contributed by atoms with Crippen LogP contribution in [-0.4, -0.2) is 14.5 Å². The summed E-state index contributed by atoms with van der Waals surface area (Å²) in [5.41, 5.74) is 5.23. The third kappa shape index (κ3) is 3.71. The number of para-hydroxylation sites is 1. The number of thiophene rings is 2. The fourth-order valence-corrected chi connectivity index (χ4v) is 10.8. The van der Waals surface area contributed by atoms with Crippen molar-refractivity contribution in [3.63, 3.8) is 0 Å². The van der Waals surface area contributed by atoms with Gasteiger partial charge in [-0.1, -0.05) is 121 Å². The minimum atomic E-state index is 0.681. The first-order valence-corrected chi connectivity index (χ1v) is 18.8. The second-order valence-electron chi connectivity index (χ2n) is 13.3. The molecular weight excluding hydrogens is 659 g/mol. The molecule has 0 amide bonds. The topological polar surface area (TPSA) is 30.7 Å². The van der Waals surface area contributed by atoms with Crippen LogP contribution in [0, 0.1) is 0 Å². The van der Waals surface area contributed by atoms with Crippen LogP contribution in [-0.2, 0) is 0 Å². The maximum Gasteiger partial charge on any atom is 0.235 e. The van der Waals surface area contributed by atoms with Crippen LogP contribution in [0.25, 0.3) is 112 Å². The Morgan fingerprint density at radius 3 is 1.92 bits per heavy atom. The first kappa shape index (κ1) is 27.7. The maximum absolute atomic E-state index is 5.52. The Kier molecular flexibility index (Phi) is 5.53. The van der Waals surface area contributed by atoms with E-state index in [1.807, 2.05) is 22.7 Å². The number of benzene rings is 8. The Labute approximate surface area is 299 Å². The lowest BCUT2D eigenvalue weighted by Gasteiger charge is -2.14. The largest absolute Gasteiger partial charge is 0.277 e. The summed E-state index contributed by atoms with van der Waals surface area (Å²) in [6, 6.07) is 54.7. The molecule has 5 heteroatoms. The molecule has 0 saturated carbocycles. The van der Waals surface area contributed by atoms with Crippen LogP contribution in [0.2, 0.25) is 0 Å². The average Bonchev–Trinajstić information content (AvgIpc) is 3.88. The highest BCUT2D eigenvalue weighted by Gasteiger charge is 2.25. The molecule has 4 heterocycles. The number of aromatic nitrogens is 3. The summed E-state index contributed by atoms with van der Waals surface area (Å²) < 4.78 is 7.58. The van der Waals surface area contributed by atoms with Gasteiger partial charge in [0.2, 0.25) is 5.95 Å². The van der Waals surface area contributed by atoms with Gasteiger partial charge in [-0.25, -0.2) is 9.97 Å². The molecule has 0 aliphatic carbocycles. The van der Waals surface area contributed by atoms with Gasteiger partial charge in [-0.15, -0.1) is 22.7 Å². The van der Waals surface area contributed by atoms with Gasteiger partial charge in [-0.2, -0.15) is 0 Å². The highest BCUT2D eigenvalue weighted by Crippen LogP contribution is 2.51. The van der Waals surface area contributed by atoms with E-state index in [0.717, 1.165) is 38.6 Å². The Bertz CT molecular complexity index is 3420. The second-order valence-corrected chi connectivity index (χ2v) is 15.4. The Hall–Kier alpha value is -6.14. The number of rotatable bonds is 2. The van der Waals surface area contributed by atoms with E-state index in [-0.39, 0.29) is 0 Å². The van der Waals surface area contributed by atoms with E-state index in [2.05, 4.69) is 156 Å². The van der Waals surface area contributed by atoms with Gasteiger partial charge in [0.05, 0.1) is 22.2 Å². The van der Waals surface area contributed by atoms with Crippen LogP contribution < -0.4 is 0 Å². The molecule has 236 valence electrons. The quantitative estimate of drug-likeness (QED) is 0.170. The average molecular weight is 684 g/mol. The molecule has 0 bridgehead atoms. The molecule has 0 N–H and O–H groups in total. The molecule has 0 atom stereocenters. The summed E-state index contributed by atoms with van der Waals surface area (Å²) in [6.07, 6.45) is 0. The monoisotopic (exact) mass is 683 g/mol. The van der Waals surface area contributed by atoms with E-state index < -0.39 is 0 Å². The fourth-order valence-electron chi connectivity index (χ4n) is 8.44. The van der Waals surface area contributed by atoms with Gasteiger partial charge in [0.25, 0.3) is 0 Å². The van der Waals surface area contributed by atoms with E-state index >= 15 is 0 Å². The molecule has 12 aromatic rings. The van der Waals surface area contributed by atoms with Crippen LogP contribution >= 0.6 is 22.7 Å². The van der Waals surface area contributed by atoms with E-state index in [4.69, 9.17) is 9.97 Å². The highest BCUT2D eigenvalue weighted by molar-refractivity contribution is 7.27. The smallest absolute Gasteiger partial charge is 0.235 e. The van der Waals surface area contributed by atoms with Gasteiger partial charge in [-0.3, -0.25) is 4.57 Å². The van der Waals surface area contributed by atoms with Crippen molar-refractivity contribution >= 4 is 117 Å². The molecule has 0 unspecified atom stereocenters. The number of fused-ring (bicyclic) bond motifs is 17. The van der Waals surface area contributed by atoms with Crippen molar-refractivity contribution in [3.8, 4) is 17.2 Å². The second kappa shape index (κ2) is 10.2. The van der Waals surface area contributed by atoms with E-state index in [0.29, 0.717) is 5.95 Å². The Morgan fingerprint density at radius 1 is 0.412 bits per heavy atom. The molecule has 3 nitrogen and oxygen atoms in total. The lowest BCUT2D eigenvalue weighted by Crippen LogP contribution is -2.04. The van der Waals surface area contributed by atoms with E-state index in [9.17, 15) is 0 Å². The van der Waals surface area contributed by atoms with Crippen molar-refractivity contribution in [3.05, 3.63) is 152 Å². The van der Waals surface area contributed by atoms with Crippen molar-refractivity contribution in [1.29, 1.82) is 0 Å². The van der Waals surface area contributed by atoms with Crippen LogP contribution in [0.3, 0.4) is 0 Å². The summed E-state index contributed by atoms with van der Waals surface area (Å²) in [5.74, 6) is 0.681. The molecule has 8 aromatic carbocycles. The van der Waals surface area contributed by atoms with Crippen molar-refractivity contribution in [1.82, 2.24) is 14.5 Å². The third-order valence-electron chi connectivity index (χ3n) is 10.6. The standard InChI is InChI=1S/C46H25N3S2/c1-2-13-27(14-3-1)42-33-23-22-26-12-4-5-15-28(26)43(33)48-46(47-42)49-34-19-9-6-16-29(34)41-44(49)32-24-25-37-38(30-17-7-10-20-35(30)50-37)39(32)40-31-18-8-11-21-36(31)51-45(40)41/h1-25H. The molecule has 0 radical (unpaired) electrons. The molecule has 0 saturated heterocycles. The van der Waals surface area contributed by atoms with Crippen molar-refractivity contribution < 1.29 is 0 Å². The zero-order chi connectivity index (χ0) is 33.2. The molecular formula is C46H25N3S2. The summed E-state index contributed by atoms with van der Waals surface area (Å²) >= 11 is 3.78. The number of hydrogen-bond donors (Lipinski definition) is 0. The first-order valence-electron chi connectivity index (χ1n) is 17.2. The molecule has 4 aromatic heterocycles. The van der Waals surface area contributed by atoms with Gasteiger partial charge in [0.15, 0.2) is 0 Å². The molecule has 0 spiro atoms. The van der Waals surface area contributed by atoms with Crippen LogP contribution in [0.5, 0.6) is 0 Å². The van der Waals surface area contributed by atoms with Gasteiger partial charge in [0.1, 0.15) is 0 Å². The fraction of sp³-hybridized carbons (Fsp3) is 0. The molecule has 51 heavy (non-hydrogen) atoms. The normalized spacial score (nSPS) is 12.3. The Morgan fingerprint density at radius 2 is 1.08 bits per heavy atom. The van der Waals surface area contributed by atoms with E-state index in [1.165, 1.54) is 67.3 Å². The number of nitrogens with zero attached hydrogens (tertiary/aromatic N) is 3. The molecule has 0 aliphatic heterocycles. The first-order chi connectivity index (χ1) is 25.3. The molecule has 0 aliphatic rings. The third-order valence-corrected chi connectivity index (χ3v) is 12.9. The maximum atomic E-state index is 5.52. The minimum absolute atomic E-state index is 0.681. The zero-order valence-electron chi connectivity index (χ0n) is 27.1. The lowest BCUT2D eigenvalue weighted by molar-refractivity contribution is 1.02. The number of hydrogen-bond acceptors (Lipinski definition) is 4. The summed E-state index contributed by atoms with van der Waals surface area (Å²) in [6.45, 7) is 0. The van der Waals surface area contributed by atoms with Gasteiger partial charge < -0.3 is 0 Å². The van der Waals surface area contributed by atoms with E-state index in [1.54, 1.807) is 0 Å². The van der Waals surface area contributed by atoms with Crippen LogP contribution in [0.1, 0.15) is 0 Å². The van der Waals surface area contributed by atoms with Crippen molar-refractivity contribution in [2.24, 2.45) is 0 Å². The predicted molar refractivity (Wildman–Crippen MR) is 220 cm³/mol. The van der Waals surface area contributed by atoms with Crippen molar-refractivity contribution in [2.75, 3.05) is 0 Å². The van der Waals surface area contributed by atoms with Crippen LogP contribution in [0.4, 0.5) is 0 Å². The SMILES string of the molecule is c1ccc(-c2nc(-n3c4ccccc4c4c5sc6ccccc6c5c5c(ccc6sc7ccccc7c65)c43)nc3c2ccc2ccccc23)cc1. The summed E-state index contributed by atoms with van der Waals surface area (Å²) in [5, 5.41) is 13.6. The highest BCUT2D eigenvalue weighted by atomic mass is 32.1. The zero-order valence-corrected chi connectivity index (χ0v) is 28.7. The molecule has 12 rings (SSSR count). The summed E-state index contributed by atoms with van der Waals surface area (Å²) in [4.78, 5) is 11.0. The summed E-state index contributed by atoms with van der Waals surface area (Å²) in [7, 11) is 0. The minimum Gasteiger partial charge on any atom is -0.277 e. The van der Waals surface area contributed by atoms with Crippen molar-refractivity contribution in [2.45, 2.75) is 0 Å². The Balaban J connectivity index is 1.36. The predicted octanol–water partition coefficient (Wildman–Crippen LogP) is 13.4. The van der Waals surface area contributed by atoms with Crippen LogP contribution in [0.15, 0.2) is 152 Å². The molecule has 0 fully saturated rings.